The van der Waals surface area contributed by atoms with Crippen LogP contribution in [0.2, 0.25) is 0 Å². The van der Waals surface area contributed by atoms with E-state index in [9.17, 15) is 4.79 Å². The van der Waals surface area contributed by atoms with E-state index in [1.807, 2.05) is 12.1 Å². The molecule has 4 heteroatoms. The fraction of sp³-hybridized carbons (Fsp3) is 0.208. The molecule has 1 aliphatic heterocycles. The minimum atomic E-state index is -0.136. The van der Waals surface area contributed by atoms with Crippen molar-refractivity contribution >= 4 is 28.5 Å². The Morgan fingerprint density at radius 1 is 0.929 bits per heavy atom. The third kappa shape index (κ3) is 3.04. The Morgan fingerprint density at radius 2 is 1.71 bits per heavy atom. The zero-order chi connectivity index (χ0) is 19.1. The van der Waals surface area contributed by atoms with Gasteiger partial charge in [-0.25, -0.2) is 0 Å². The molecule has 0 fully saturated rings. The first-order chi connectivity index (χ1) is 13.7. The third-order valence-electron chi connectivity index (χ3n) is 5.67. The van der Waals surface area contributed by atoms with Crippen LogP contribution in [-0.4, -0.2) is 5.78 Å². The summed E-state index contributed by atoms with van der Waals surface area (Å²) in [6.45, 7) is 2.09. The molecule has 28 heavy (non-hydrogen) atoms. The fourth-order valence-electron chi connectivity index (χ4n) is 4.23. The molecule has 0 spiro atoms. The van der Waals surface area contributed by atoms with E-state index in [1.165, 1.54) is 10.4 Å². The summed E-state index contributed by atoms with van der Waals surface area (Å²) in [5, 5.41) is 9.33. The van der Waals surface area contributed by atoms with Gasteiger partial charge in [0, 0.05) is 28.5 Å². The van der Waals surface area contributed by atoms with Crippen LogP contribution in [0.5, 0.6) is 0 Å². The van der Waals surface area contributed by atoms with Crippen LogP contribution in [0.25, 0.3) is 0 Å². The molecule has 2 aromatic carbocycles. The number of hydrogen-bond donors (Lipinski definition) is 2. The Labute approximate surface area is 169 Å². The summed E-state index contributed by atoms with van der Waals surface area (Å²) in [7, 11) is 0. The molecule has 0 saturated carbocycles. The number of benzene rings is 2. The number of anilines is 2. The average molecular weight is 387 g/mol. The number of nitrogens with one attached hydrogen (secondary N) is 2. The zero-order valence-electron chi connectivity index (χ0n) is 15.7. The maximum absolute atomic E-state index is 13.4. The average Bonchev–Trinajstić information content (AvgIpc) is 3.18. The van der Waals surface area contributed by atoms with E-state index < -0.39 is 0 Å². The smallest absolute Gasteiger partial charge is 0.163 e. The largest absolute Gasteiger partial charge is 0.372 e. The highest BCUT2D eigenvalue weighted by molar-refractivity contribution is 7.10. The van der Waals surface area contributed by atoms with Crippen molar-refractivity contribution in [3.8, 4) is 0 Å². The van der Waals surface area contributed by atoms with E-state index in [-0.39, 0.29) is 17.7 Å². The van der Waals surface area contributed by atoms with Crippen molar-refractivity contribution in [1.29, 1.82) is 0 Å². The first-order valence-corrected chi connectivity index (χ1v) is 10.6. The summed E-state index contributed by atoms with van der Waals surface area (Å²) < 4.78 is 0. The summed E-state index contributed by atoms with van der Waals surface area (Å²) >= 11 is 1.74. The molecule has 0 saturated heterocycles. The molecule has 1 aromatic heterocycles. The van der Waals surface area contributed by atoms with Gasteiger partial charge >= 0.3 is 0 Å². The van der Waals surface area contributed by atoms with Gasteiger partial charge < -0.3 is 10.6 Å². The van der Waals surface area contributed by atoms with E-state index >= 15 is 0 Å². The van der Waals surface area contributed by atoms with Gasteiger partial charge in [0.05, 0.1) is 17.4 Å². The van der Waals surface area contributed by atoms with E-state index in [1.54, 1.807) is 11.3 Å². The summed E-state index contributed by atoms with van der Waals surface area (Å²) in [6.07, 6.45) is 1.43. The van der Waals surface area contributed by atoms with Gasteiger partial charge in [-0.05, 0) is 42.5 Å². The first kappa shape index (κ1) is 17.3. The molecule has 0 unspecified atom stereocenters. The molecular formula is C24H22N2OS. The fourth-order valence-corrected chi connectivity index (χ4v) is 5.06. The first-order valence-electron chi connectivity index (χ1n) is 9.68. The van der Waals surface area contributed by atoms with Crippen molar-refractivity contribution in [2.45, 2.75) is 31.7 Å². The van der Waals surface area contributed by atoms with Gasteiger partial charge in [0.25, 0.3) is 0 Å². The lowest BCUT2D eigenvalue weighted by Gasteiger charge is -2.29. The molecule has 0 radical (unpaired) electrons. The van der Waals surface area contributed by atoms with Crippen LogP contribution in [0.1, 0.15) is 40.8 Å². The lowest BCUT2D eigenvalue weighted by molar-refractivity contribution is -0.116. The lowest BCUT2D eigenvalue weighted by atomic mass is 9.80. The van der Waals surface area contributed by atoms with Crippen molar-refractivity contribution in [2.75, 3.05) is 10.6 Å². The quantitative estimate of drug-likeness (QED) is 0.564. The number of fused-ring (bicyclic) bond motifs is 1. The van der Waals surface area contributed by atoms with E-state index in [4.69, 9.17) is 0 Å². The Balaban J connectivity index is 1.62. The normalized spacial score (nSPS) is 21.2. The van der Waals surface area contributed by atoms with Crippen molar-refractivity contribution in [3.05, 3.63) is 93.3 Å². The molecule has 2 heterocycles. The highest BCUT2D eigenvalue weighted by Gasteiger charge is 2.36. The van der Waals surface area contributed by atoms with Crippen LogP contribution in [-0.2, 0) is 4.79 Å². The van der Waals surface area contributed by atoms with Crippen molar-refractivity contribution in [2.24, 2.45) is 0 Å². The predicted octanol–water partition coefficient (Wildman–Crippen LogP) is 6.04. The zero-order valence-corrected chi connectivity index (χ0v) is 16.6. The number of rotatable bonds is 2. The maximum Gasteiger partial charge on any atom is 0.163 e. The Hall–Kier alpha value is -2.85. The van der Waals surface area contributed by atoms with E-state index in [0.29, 0.717) is 6.42 Å². The Bertz CT molecular complexity index is 1050. The number of Topliss-reactive ketones (excluding diaryl/α,β-unsaturated/α-hetero) is 1. The molecule has 1 aliphatic carbocycles. The van der Waals surface area contributed by atoms with Crippen LogP contribution in [0, 0.1) is 6.92 Å². The molecule has 0 amide bonds. The number of aryl methyl sites for hydroxylation is 1. The van der Waals surface area contributed by atoms with E-state index in [0.717, 1.165) is 34.6 Å². The summed E-state index contributed by atoms with van der Waals surface area (Å²) in [5.41, 5.74) is 6.34. The molecule has 2 N–H and O–H groups in total. The summed E-state index contributed by atoms with van der Waals surface area (Å²) in [4.78, 5) is 14.6. The van der Waals surface area contributed by atoms with Crippen LogP contribution >= 0.6 is 11.3 Å². The van der Waals surface area contributed by atoms with E-state index in [2.05, 4.69) is 71.5 Å². The maximum atomic E-state index is 13.4. The van der Waals surface area contributed by atoms with Crippen LogP contribution in [0.15, 0.2) is 77.3 Å². The van der Waals surface area contributed by atoms with Gasteiger partial charge in [-0.3, -0.25) is 4.79 Å². The van der Waals surface area contributed by atoms with Gasteiger partial charge in [-0.2, -0.15) is 0 Å². The van der Waals surface area contributed by atoms with Crippen LogP contribution < -0.4 is 10.6 Å². The Kier molecular flexibility index (Phi) is 4.29. The van der Waals surface area contributed by atoms with Crippen LogP contribution in [0.3, 0.4) is 0 Å². The number of carbonyl (C=O) groups is 1. The minimum absolute atomic E-state index is 0.136. The Morgan fingerprint density at radius 3 is 2.46 bits per heavy atom. The number of hydrogen-bond acceptors (Lipinski definition) is 4. The van der Waals surface area contributed by atoms with Gasteiger partial charge in [0.2, 0.25) is 0 Å². The molecule has 140 valence electrons. The predicted molar refractivity (Wildman–Crippen MR) is 116 cm³/mol. The standard InChI is InChI=1S/C24H22N2OS/c1-15-8-10-16(11-9-15)24-23-20(25-18-5-2-3-6-19(18)26-24)13-17(14-21(23)27)22-7-4-12-28-22/h2-12,17,24-26H,13-14H2,1H3/t17-,24+/m0/s1. The monoisotopic (exact) mass is 386 g/mol. The van der Waals surface area contributed by atoms with Crippen LogP contribution in [0.4, 0.5) is 11.4 Å². The summed E-state index contributed by atoms with van der Waals surface area (Å²) in [6, 6.07) is 20.8. The molecule has 5 rings (SSSR count). The highest BCUT2D eigenvalue weighted by Crippen LogP contribution is 2.44. The second-order valence-corrected chi connectivity index (χ2v) is 8.57. The van der Waals surface area contributed by atoms with Crippen molar-refractivity contribution < 1.29 is 4.79 Å². The SMILES string of the molecule is Cc1ccc([C@H]2Nc3ccccc3NC3=C2C(=O)C[C@@H](c2cccs2)C3)cc1. The molecule has 3 aromatic rings. The topological polar surface area (TPSA) is 41.1 Å². The minimum Gasteiger partial charge on any atom is -0.372 e. The van der Waals surface area contributed by atoms with Gasteiger partial charge in [0.15, 0.2) is 5.78 Å². The number of para-hydroxylation sites is 2. The van der Waals surface area contributed by atoms with Gasteiger partial charge in [-0.15, -0.1) is 11.3 Å². The molecule has 2 aliphatic rings. The molecule has 2 atom stereocenters. The van der Waals surface area contributed by atoms with Gasteiger partial charge in [0.1, 0.15) is 0 Å². The number of thiophene rings is 1. The number of ketones is 1. The van der Waals surface area contributed by atoms with Crippen molar-refractivity contribution in [3.63, 3.8) is 0 Å². The molecular weight excluding hydrogens is 364 g/mol. The molecule has 0 bridgehead atoms. The molecule has 3 nitrogen and oxygen atoms in total. The number of carbonyl (C=O) groups excluding carboxylic acids is 1. The third-order valence-corrected chi connectivity index (χ3v) is 6.70. The number of allylic oxidation sites excluding steroid dienone is 1. The highest BCUT2D eigenvalue weighted by atomic mass is 32.1. The second-order valence-electron chi connectivity index (χ2n) is 7.59. The van der Waals surface area contributed by atoms with Gasteiger partial charge in [-0.1, -0.05) is 48.0 Å². The second kappa shape index (κ2) is 6.95. The lowest BCUT2D eigenvalue weighted by Crippen LogP contribution is -2.26. The van der Waals surface area contributed by atoms with Crippen molar-refractivity contribution in [1.82, 2.24) is 0 Å². The summed E-state index contributed by atoms with van der Waals surface area (Å²) in [5.74, 6) is 0.487.